The zero-order chi connectivity index (χ0) is 22.9. The van der Waals surface area contributed by atoms with Gasteiger partial charge < -0.3 is 5.32 Å². The molecule has 0 saturated carbocycles. The Bertz CT molecular complexity index is 884. The van der Waals surface area contributed by atoms with Gasteiger partial charge in [-0.15, -0.1) is 0 Å². The molecule has 1 aromatic heterocycles. The van der Waals surface area contributed by atoms with E-state index in [4.69, 9.17) is 0 Å². The number of hydrogen-bond acceptors (Lipinski definition) is 3. The third kappa shape index (κ3) is 4.36. The van der Waals surface area contributed by atoms with E-state index >= 15 is 0 Å². The number of nitrogens with one attached hydrogen (secondary N) is 1. The number of carbonyl (C=O) groups is 1. The molecule has 2 heterocycles. The fourth-order valence-corrected chi connectivity index (χ4v) is 3.79. The zero-order valence-electron chi connectivity index (χ0n) is 16.0. The molecule has 4 nitrogen and oxygen atoms in total. The number of alkyl halides is 6. The van der Waals surface area contributed by atoms with Crippen LogP contribution in [-0.2, 0) is 0 Å². The normalized spacial score (nSPS) is 18.6. The standard InChI is InChI=1S/C20H18F7N3O/c21-15-8-6-13(7-9-15)17(31)29-18(19(22,23)24,20(25,26)27)30-11-2-1-5-16(30)14-4-3-10-28-12-14/h3-4,6-10,12,16H,1-2,5,11H2,(H,29,31)/t16-/m1/s1. The van der Waals surface area contributed by atoms with Crippen LogP contribution in [-0.4, -0.2) is 40.4 Å². The molecule has 168 valence electrons. The van der Waals surface area contributed by atoms with E-state index in [1.165, 1.54) is 29.8 Å². The first-order chi connectivity index (χ1) is 14.5. The second-order valence-electron chi connectivity index (χ2n) is 7.16. The third-order valence-electron chi connectivity index (χ3n) is 5.22. The molecule has 1 atom stereocenters. The second-order valence-corrected chi connectivity index (χ2v) is 7.16. The van der Waals surface area contributed by atoms with Crippen molar-refractivity contribution in [1.29, 1.82) is 0 Å². The maximum atomic E-state index is 14.2. The van der Waals surface area contributed by atoms with Crippen LogP contribution in [0.1, 0.15) is 41.2 Å². The van der Waals surface area contributed by atoms with E-state index in [0.717, 1.165) is 24.3 Å². The number of likely N-dealkylation sites (tertiary alicyclic amines) is 1. The third-order valence-corrected chi connectivity index (χ3v) is 5.22. The Kier molecular flexibility index (Phi) is 6.26. The van der Waals surface area contributed by atoms with Gasteiger partial charge in [0.15, 0.2) is 0 Å². The number of pyridine rings is 1. The Morgan fingerprint density at radius 1 is 1.00 bits per heavy atom. The number of carbonyl (C=O) groups excluding carboxylic acids is 1. The van der Waals surface area contributed by atoms with Crippen molar-refractivity contribution >= 4 is 5.91 Å². The molecule has 1 saturated heterocycles. The maximum Gasteiger partial charge on any atom is 0.434 e. The lowest BCUT2D eigenvalue weighted by Gasteiger charge is -2.50. The average Bonchev–Trinajstić information content (AvgIpc) is 2.71. The van der Waals surface area contributed by atoms with Gasteiger partial charge in [-0.2, -0.15) is 26.3 Å². The molecular formula is C20H18F7N3O. The van der Waals surface area contributed by atoms with Crippen LogP contribution in [0.5, 0.6) is 0 Å². The van der Waals surface area contributed by atoms with Crippen LogP contribution < -0.4 is 5.32 Å². The molecule has 0 aliphatic carbocycles. The van der Waals surface area contributed by atoms with Crippen molar-refractivity contribution in [3.63, 3.8) is 0 Å². The number of benzene rings is 1. The average molecular weight is 449 g/mol. The first kappa shape index (κ1) is 23.0. The number of piperidine rings is 1. The van der Waals surface area contributed by atoms with E-state index < -0.39 is 47.9 Å². The number of rotatable bonds is 4. The predicted molar refractivity (Wildman–Crippen MR) is 96.2 cm³/mol. The van der Waals surface area contributed by atoms with Crippen molar-refractivity contribution < 1.29 is 35.5 Å². The SMILES string of the molecule is O=C(NC(N1CCCC[C@@H]1c1cccnc1)(C(F)(F)F)C(F)(F)F)c1ccc(F)cc1. The van der Waals surface area contributed by atoms with Gasteiger partial charge in [0.05, 0.1) is 0 Å². The second kappa shape index (κ2) is 8.45. The first-order valence-corrected chi connectivity index (χ1v) is 9.35. The van der Waals surface area contributed by atoms with Crippen LogP contribution in [0.25, 0.3) is 0 Å². The summed E-state index contributed by atoms with van der Waals surface area (Å²) in [6.07, 6.45) is -8.73. The van der Waals surface area contributed by atoms with Gasteiger partial charge in [-0.1, -0.05) is 12.5 Å². The summed E-state index contributed by atoms with van der Waals surface area (Å²) in [6.45, 7) is -0.553. The van der Waals surface area contributed by atoms with Crippen LogP contribution in [0, 0.1) is 5.82 Å². The van der Waals surface area contributed by atoms with Gasteiger partial charge in [0.2, 0.25) is 0 Å². The Labute approximate surface area is 173 Å². The highest BCUT2D eigenvalue weighted by molar-refractivity contribution is 5.94. The van der Waals surface area contributed by atoms with Gasteiger partial charge in [0, 0.05) is 30.5 Å². The smallest absolute Gasteiger partial charge is 0.318 e. The number of nitrogens with zero attached hydrogens (tertiary/aromatic N) is 2. The Balaban J connectivity index is 2.12. The molecule has 1 fully saturated rings. The van der Waals surface area contributed by atoms with Crippen LogP contribution in [0.4, 0.5) is 30.7 Å². The van der Waals surface area contributed by atoms with Crippen molar-refractivity contribution in [2.45, 2.75) is 43.3 Å². The largest absolute Gasteiger partial charge is 0.434 e. The summed E-state index contributed by atoms with van der Waals surface area (Å²) in [5, 5.41) is 1.21. The zero-order valence-corrected chi connectivity index (χ0v) is 16.0. The molecule has 31 heavy (non-hydrogen) atoms. The number of halogens is 7. The number of aromatic nitrogens is 1. The van der Waals surface area contributed by atoms with Crippen LogP contribution in [0.2, 0.25) is 0 Å². The van der Waals surface area contributed by atoms with E-state index in [9.17, 15) is 35.5 Å². The van der Waals surface area contributed by atoms with Crippen LogP contribution >= 0.6 is 0 Å². The summed E-state index contributed by atoms with van der Waals surface area (Å²) in [4.78, 5) is 16.5. The lowest BCUT2D eigenvalue weighted by Crippen LogP contribution is -2.77. The minimum absolute atomic E-state index is 0.0199. The molecule has 11 heteroatoms. The first-order valence-electron chi connectivity index (χ1n) is 9.35. The summed E-state index contributed by atoms with van der Waals surface area (Å²) in [5.74, 6) is -2.41. The predicted octanol–water partition coefficient (Wildman–Crippen LogP) is 5.00. The highest BCUT2D eigenvalue weighted by atomic mass is 19.4. The molecule has 0 unspecified atom stereocenters. The monoisotopic (exact) mass is 449 g/mol. The highest BCUT2D eigenvalue weighted by Gasteiger charge is 2.76. The molecule has 1 aliphatic heterocycles. The molecule has 0 bridgehead atoms. The number of hydrogen-bond donors (Lipinski definition) is 1. The summed E-state index contributed by atoms with van der Waals surface area (Å²) in [5.41, 5.74) is -5.00. The fourth-order valence-electron chi connectivity index (χ4n) is 3.79. The van der Waals surface area contributed by atoms with Gasteiger partial charge in [-0.3, -0.25) is 14.7 Å². The lowest BCUT2D eigenvalue weighted by molar-refractivity contribution is -0.356. The Morgan fingerprint density at radius 3 is 2.19 bits per heavy atom. The van der Waals surface area contributed by atoms with Gasteiger partial charge in [-0.25, -0.2) is 4.39 Å². The van der Waals surface area contributed by atoms with Gasteiger partial charge in [0.25, 0.3) is 11.6 Å². The molecule has 2 aromatic rings. The van der Waals surface area contributed by atoms with E-state index in [2.05, 4.69) is 4.98 Å². The molecule has 0 radical (unpaired) electrons. The van der Waals surface area contributed by atoms with Gasteiger partial charge in [-0.05, 0) is 48.7 Å². The molecular weight excluding hydrogens is 431 g/mol. The van der Waals surface area contributed by atoms with Crippen LogP contribution in [0.15, 0.2) is 48.8 Å². The molecule has 1 aromatic carbocycles. The maximum absolute atomic E-state index is 14.2. The van der Waals surface area contributed by atoms with E-state index in [-0.39, 0.29) is 23.3 Å². The van der Waals surface area contributed by atoms with Crippen molar-refractivity contribution in [2.75, 3.05) is 6.54 Å². The quantitative estimate of drug-likeness (QED) is 0.669. The van der Waals surface area contributed by atoms with E-state index in [1.54, 1.807) is 0 Å². The van der Waals surface area contributed by atoms with E-state index in [0.29, 0.717) is 6.42 Å². The Morgan fingerprint density at radius 2 is 1.65 bits per heavy atom. The molecule has 1 aliphatic rings. The fraction of sp³-hybridized carbons (Fsp3) is 0.400. The minimum Gasteiger partial charge on any atom is -0.318 e. The van der Waals surface area contributed by atoms with Gasteiger partial charge >= 0.3 is 12.4 Å². The van der Waals surface area contributed by atoms with Crippen molar-refractivity contribution in [2.24, 2.45) is 0 Å². The molecule has 1 amide bonds. The highest BCUT2D eigenvalue weighted by Crippen LogP contribution is 2.50. The summed E-state index contributed by atoms with van der Waals surface area (Å²) in [7, 11) is 0. The molecule has 3 rings (SSSR count). The van der Waals surface area contributed by atoms with Crippen molar-refractivity contribution in [3.05, 3.63) is 65.7 Å². The van der Waals surface area contributed by atoms with Gasteiger partial charge in [0.1, 0.15) is 5.82 Å². The molecule has 1 N–H and O–H groups in total. The lowest BCUT2D eigenvalue weighted by atomic mass is 9.91. The number of amides is 1. The Hall–Kier alpha value is -2.69. The van der Waals surface area contributed by atoms with Crippen LogP contribution in [0.3, 0.4) is 0 Å². The van der Waals surface area contributed by atoms with Crippen molar-refractivity contribution in [3.8, 4) is 0 Å². The summed E-state index contributed by atoms with van der Waals surface area (Å²) < 4.78 is 98.5. The summed E-state index contributed by atoms with van der Waals surface area (Å²) >= 11 is 0. The van der Waals surface area contributed by atoms with Crippen molar-refractivity contribution in [1.82, 2.24) is 15.2 Å². The van der Waals surface area contributed by atoms with E-state index in [1.807, 2.05) is 0 Å². The topological polar surface area (TPSA) is 45.2 Å². The minimum atomic E-state index is -5.90. The molecule has 0 spiro atoms. The summed E-state index contributed by atoms with van der Waals surface area (Å²) in [6, 6.07) is 4.72.